The van der Waals surface area contributed by atoms with Crippen molar-refractivity contribution in [2.24, 2.45) is 0 Å². The molecule has 100 valence electrons. The van der Waals surface area contributed by atoms with Crippen LogP contribution in [0.4, 0.5) is 0 Å². The Bertz CT molecular complexity index is 369. The minimum absolute atomic E-state index is 0.566. The summed E-state index contributed by atoms with van der Waals surface area (Å²) in [6.45, 7) is 8.31. The van der Waals surface area contributed by atoms with E-state index in [1.807, 2.05) is 24.3 Å². The topological polar surface area (TPSA) is 24.5 Å². The van der Waals surface area contributed by atoms with E-state index in [0.717, 1.165) is 37.0 Å². The van der Waals surface area contributed by atoms with Gasteiger partial charge in [0.25, 0.3) is 0 Å². The first-order valence-electron chi connectivity index (χ1n) is 6.51. The molecule has 2 rings (SSSR count). The first-order chi connectivity index (χ1) is 8.65. The largest absolute Gasteiger partial charge is 0.492 e. The van der Waals surface area contributed by atoms with Gasteiger partial charge in [0.1, 0.15) is 12.4 Å². The number of hydrogen-bond donors (Lipinski definition) is 1. The van der Waals surface area contributed by atoms with E-state index in [1.165, 1.54) is 0 Å². The van der Waals surface area contributed by atoms with Crippen molar-refractivity contribution in [2.75, 3.05) is 26.2 Å². The Hall–Kier alpha value is -0.770. The van der Waals surface area contributed by atoms with Crippen LogP contribution in [0.25, 0.3) is 0 Å². The van der Waals surface area contributed by atoms with Crippen molar-refractivity contribution in [2.45, 2.75) is 25.9 Å². The molecule has 1 heterocycles. The summed E-state index contributed by atoms with van der Waals surface area (Å²) in [5, 5.41) is 4.22. The lowest BCUT2D eigenvalue weighted by Gasteiger charge is -2.37. The fourth-order valence-corrected chi connectivity index (χ4v) is 2.35. The Morgan fingerprint density at radius 1 is 1.33 bits per heavy atom. The number of nitrogens with one attached hydrogen (secondary N) is 1. The highest BCUT2D eigenvalue weighted by Gasteiger charge is 2.21. The summed E-state index contributed by atoms with van der Waals surface area (Å²) in [4.78, 5) is 2.47. The maximum absolute atomic E-state index is 5.83. The van der Waals surface area contributed by atoms with E-state index >= 15 is 0 Å². The van der Waals surface area contributed by atoms with Crippen LogP contribution in [0.3, 0.4) is 0 Å². The number of hydrogen-bond acceptors (Lipinski definition) is 3. The van der Waals surface area contributed by atoms with E-state index in [1.54, 1.807) is 0 Å². The van der Waals surface area contributed by atoms with Gasteiger partial charge < -0.3 is 10.1 Å². The van der Waals surface area contributed by atoms with Crippen LogP contribution >= 0.6 is 11.6 Å². The first-order valence-corrected chi connectivity index (χ1v) is 6.89. The third kappa shape index (κ3) is 3.87. The highest BCUT2D eigenvalue weighted by Crippen LogP contribution is 2.15. The molecule has 0 amide bonds. The molecule has 18 heavy (non-hydrogen) atoms. The lowest BCUT2D eigenvalue weighted by Crippen LogP contribution is -2.55. The summed E-state index contributed by atoms with van der Waals surface area (Å²) < 4.78 is 5.73. The Morgan fingerprint density at radius 2 is 2.06 bits per heavy atom. The van der Waals surface area contributed by atoms with Crippen LogP contribution in [0.2, 0.25) is 5.02 Å². The zero-order chi connectivity index (χ0) is 13.0. The van der Waals surface area contributed by atoms with Crippen LogP contribution in [0, 0.1) is 0 Å². The molecule has 4 heteroatoms. The molecule has 0 saturated carbocycles. The van der Waals surface area contributed by atoms with Crippen molar-refractivity contribution in [3.8, 4) is 5.75 Å². The third-order valence-electron chi connectivity index (χ3n) is 3.35. The standard InChI is InChI=1S/C14H21ClN2O/c1-11-10-17(12(2)9-16-11)7-8-18-14-5-3-13(15)4-6-14/h3-6,11-12,16H,7-10H2,1-2H3. The average molecular weight is 269 g/mol. The second-order valence-electron chi connectivity index (χ2n) is 4.96. The third-order valence-corrected chi connectivity index (χ3v) is 3.61. The lowest BCUT2D eigenvalue weighted by atomic mass is 10.1. The van der Waals surface area contributed by atoms with Crippen LogP contribution in [0.5, 0.6) is 5.75 Å². The molecule has 1 fully saturated rings. The molecule has 0 aliphatic carbocycles. The molecule has 1 N–H and O–H groups in total. The van der Waals surface area contributed by atoms with E-state index in [9.17, 15) is 0 Å². The summed E-state index contributed by atoms with van der Waals surface area (Å²) in [6, 6.07) is 8.67. The zero-order valence-electron chi connectivity index (χ0n) is 11.0. The highest BCUT2D eigenvalue weighted by molar-refractivity contribution is 6.30. The Labute approximate surface area is 114 Å². The number of halogens is 1. The van der Waals surface area contributed by atoms with Crippen molar-refractivity contribution >= 4 is 11.6 Å². The fraction of sp³-hybridized carbons (Fsp3) is 0.571. The summed E-state index contributed by atoms with van der Waals surface area (Å²) in [7, 11) is 0. The monoisotopic (exact) mass is 268 g/mol. The molecule has 0 bridgehead atoms. The molecule has 3 nitrogen and oxygen atoms in total. The SMILES string of the molecule is CC1CN(CCOc2ccc(Cl)cc2)C(C)CN1. The first kappa shape index (κ1) is 13.7. The quantitative estimate of drug-likeness (QED) is 0.908. The number of benzene rings is 1. The van der Waals surface area contributed by atoms with Gasteiger partial charge in [0.15, 0.2) is 0 Å². The summed E-state index contributed by atoms with van der Waals surface area (Å²) in [5.74, 6) is 0.884. The van der Waals surface area contributed by atoms with Crippen LogP contribution in [0.15, 0.2) is 24.3 Å². The number of ether oxygens (including phenoxy) is 1. The van der Waals surface area contributed by atoms with Gasteiger partial charge >= 0.3 is 0 Å². The normalized spacial score (nSPS) is 25.1. The lowest BCUT2D eigenvalue weighted by molar-refractivity contribution is 0.123. The maximum atomic E-state index is 5.83. The number of rotatable bonds is 4. The second kappa shape index (κ2) is 6.41. The molecule has 1 saturated heterocycles. The van der Waals surface area contributed by atoms with Crippen LogP contribution in [0.1, 0.15) is 13.8 Å². The van der Waals surface area contributed by atoms with Crippen LogP contribution in [-0.2, 0) is 0 Å². The maximum Gasteiger partial charge on any atom is 0.119 e. The fourth-order valence-electron chi connectivity index (χ4n) is 2.22. The average Bonchev–Trinajstić information content (AvgIpc) is 2.36. The molecular weight excluding hydrogens is 248 g/mol. The minimum atomic E-state index is 0.566. The predicted molar refractivity (Wildman–Crippen MR) is 75.4 cm³/mol. The molecule has 1 aromatic rings. The van der Waals surface area contributed by atoms with Gasteiger partial charge in [0.2, 0.25) is 0 Å². The van der Waals surface area contributed by atoms with Crippen LogP contribution in [-0.4, -0.2) is 43.2 Å². The van der Waals surface area contributed by atoms with E-state index in [4.69, 9.17) is 16.3 Å². The molecule has 0 spiro atoms. The summed E-state index contributed by atoms with van der Waals surface area (Å²) >= 11 is 5.83. The van der Waals surface area contributed by atoms with E-state index < -0.39 is 0 Å². The van der Waals surface area contributed by atoms with Crippen molar-refractivity contribution in [3.05, 3.63) is 29.3 Å². The van der Waals surface area contributed by atoms with E-state index in [0.29, 0.717) is 12.1 Å². The highest BCUT2D eigenvalue weighted by atomic mass is 35.5. The van der Waals surface area contributed by atoms with Crippen molar-refractivity contribution < 1.29 is 4.74 Å². The molecule has 2 unspecified atom stereocenters. The van der Waals surface area contributed by atoms with Crippen molar-refractivity contribution in [3.63, 3.8) is 0 Å². The van der Waals surface area contributed by atoms with Gasteiger partial charge in [-0.25, -0.2) is 0 Å². The summed E-state index contributed by atoms with van der Waals surface area (Å²) in [6.07, 6.45) is 0. The molecule has 0 radical (unpaired) electrons. The predicted octanol–water partition coefficient (Wildman–Crippen LogP) is 2.40. The minimum Gasteiger partial charge on any atom is -0.492 e. The number of piperazine rings is 1. The van der Waals surface area contributed by atoms with Crippen molar-refractivity contribution in [1.82, 2.24) is 10.2 Å². The Morgan fingerprint density at radius 3 is 2.78 bits per heavy atom. The van der Waals surface area contributed by atoms with Gasteiger partial charge in [-0.15, -0.1) is 0 Å². The van der Waals surface area contributed by atoms with Gasteiger partial charge in [0, 0.05) is 36.7 Å². The van der Waals surface area contributed by atoms with E-state index in [-0.39, 0.29) is 0 Å². The van der Waals surface area contributed by atoms with Gasteiger partial charge in [-0.1, -0.05) is 11.6 Å². The number of nitrogens with zero attached hydrogens (tertiary/aromatic N) is 1. The molecule has 1 aromatic carbocycles. The van der Waals surface area contributed by atoms with Crippen molar-refractivity contribution in [1.29, 1.82) is 0 Å². The second-order valence-corrected chi connectivity index (χ2v) is 5.39. The van der Waals surface area contributed by atoms with Gasteiger partial charge in [-0.3, -0.25) is 4.90 Å². The smallest absolute Gasteiger partial charge is 0.119 e. The zero-order valence-corrected chi connectivity index (χ0v) is 11.8. The summed E-state index contributed by atoms with van der Waals surface area (Å²) in [5.41, 5.74) is 0. The molecule has 1 aliphatic rings. The Kier molecular flexibility index (Phi) is 4.87. The molecule has 2 atom stereocenters. The van der Waals surface area contributed by atoms with Gasteiger partial charge in [0.05, 0.1) is 0 Å². The van der Waals surface area contributed by atoms with E-state index in [2.05, 4.69) is 24.1 Å². The van der Waals surface area contributed by atoms with Crippen LogP contribution < -0.4 is 10.1 Å². The van der Waals surface area contributed by atoms with Gasteiger partial charge in [-0.05, 0) is 38.1 Å². The molecule has 1 aliphatic heterocycles. The molecule has 0 aromatic heterocycles. The van der Waals surface area contributed by atoms with Gasteiger partial charge in [-0.2, -0.15) is 0 Å². The Balaban J connectivity index is 1.76. The molecular formula is C14H21ClN2O.